The van der Waals surface area contributed by atoms with Crippen LogP contribution < -0.4 is 5.32 Å². The highest BCUT2D eigenvalue weighted by molar-refractivity contribution is 5.22. The van der Waals surface area contributed by atoms with Gasteiger partial charge < -0.3 is 10.1 Å². The molecule has 2 rings (SSSR count). The molecule has 1 heterocycles. The van der Waals surface area contributed by atoms with Crippen molar-refractivity contribution in [2.75, 3.05) is 20.2 Å². The molecule has 0 aliphatic carbocycles. The van der Waals surface area contributed by atoms with Gasteiger partial charge in [0.25, 0.3) is 0 Å². The van der Waals surface area contributed by atoms with Crippen LogP contribution in [0.1, 0.15) is 17.5 Å². The molecular weight excluding hydrogens is 198 g/mol. The van der Waals surface area contributed by atoms with E-state index in [0.717, 1.165) is 25.9 Å². The molecule has 0 amide bonds. The van der Waals surface area contributed by atoms with Gasteiger partial charge in [-0.15, -0.1) is 0 Å². The van der Waals surface area contributed by atoms with Gasteiger partial charge in [-0.2, -0.15) is 0 Å². The van der Waals surface area contributed by atoms with Crippen molar-refractivity contribution in [3.8, 4) is 0 Å². The summed E-state index contributed by atoms with van der Waals surface area (Å²) in [5, 5.41) is 3.45. The first-order valence-electron chi connectivity index (χ1n) is 6.08. The number of rotatable bonds is 3. The molecular formula is C14H21NO. The summed E-state index contributed by atoms with van der Waals surface area (Å²) in [5.74, 6) is 0.612. The predicted molar refractivity (Wildman–Crippen MR) is 66.7 cm³/mol. The summed E-state index contributed by atoms with van der Waals surface area (Å²) in [4.78, 5) is 0. The van der Waals surface area contributed by atoms with Crippen LogP contribution in [0.15, 0.2) is 24.3 Å². The van der Waals surface area contributed by atoms with Gasteiger partial charge in [0.1, 0.15) is 0 Å². The molecule has 1 aliphatic heterocycles. The lowest BCUT2D eigenvalue weighted by molar-refractivity contribution is 0.0311. The Morgan fingerprint density at radius 3 is 2.75 bits per heavy atom. The van der Waals surface area contributed by atoms with Gasteiger partial charge in [0.05, 0.1) is 6.10 Å². The van der Waals surface area contributed by atoms with Crippen LogP contribution in [0, 0.1) is 12.8 Å². The van der Waals surface area contributed by atoms with Gasteiger partial charge in [-0.25, -0.2) is 0 Å². The summed E-state index contributed by atoms with van der Waals surface area (Å²) in [7, 11) is 1.83. The number of aryl methyl sites for hydroxylation is 1. The van der Waals surface area contributed by atoms with Crippen LogP contribution in [0.25, 0.3) is 0 Å². The van der Waals surface area contributed by atoms with Gasteiger partial charge in [0.2, 0.25) is 0 Å². The third-order valence-corrected chi connectivity index (χ3v) is 3.46. The van der Waals surface area contributed by atoms with E-state index < -0.39 is 0 Å². The fourth-order valence-electron chi connectivity index (χ4n) is 2.44. The molecule has 0 spiro atoms. The monoisotopic (exact) mass is 219 g/mol. The second-order valence-corrected chi connectivity index (χ2v) is 4.72. The van der Waals surface area contributed by atoms with Crippen molar-refractivity contribution in [1.29, 1.82) is 0 Å². The largest absolute Gasteiger partial charge is 0.381 e. The van der Waals surface area contributed by atoms with Crippen LogP contribution in [-0.4, -0.2) is 26.3 Å². The molecule has 1 fully saturated rings. The molecule has 16 heavy (non-hydrogen) atoms. The van der Waals surface area contributed by atoms with Gasteiger partial charge in [-0.1, -0.05) is 29.8 Å². The minimum absolute atomic E-state index is 0.419. The second-order valence-electron chi connectivity index (χ2n) is 4.72. The normalized spacial score (nSPS) is 25.6. The van der Waals surface area contributed by atoms with Crippen molar-refractivity contribution in [1.82, 2.24) is 5.32 Å². The molecule has 0 bridgehead atoms. The third-order valence-electron chi connectivity index (χ3n) is 3.46. The Morgan fingerprint density at radius 2 is 2.06 bits per heavy atom. The van der Waals surface area contributed by atoms with E-state index in [1.54, 1.807) is 0 Å². The van der Waals surface area contributed by atoms with Crippen LogP contribution in [-0.2, 0) is 11.2 Å². The number of hydrogen-bond acceptors (Lipinski definition) is 2. The SMILES string of the molecule is COC1CCNCC1Cc1ccc(C)cc1. The number of benzene rings is 1. The lowest BCUT2D eigenvalue weighted by Gasteiger charge is -2.31. The van der Waals surface area contributed by atoms with E-state index >= 15 is 0 Å². The van der Waals surface area contributed by atoms with Crippen molar-refractivity contribution >= 4 is 0 Å². The van der Waals surface area contributed by atoms with E-state index in [9.17, 15) is 0 Å². The lowest BCUT2D eigenvalue weighted by Crippen LogP contribution is -2.41. The molecule has 1 N–H and O–H groups in total. The highest BCUT2D eigenvalue weighted by Crippen LogP contribution is 2.19. The lowest BCUT2D eigenvalue weighted by atomic mass is 9.89. The fraction of sp³-hybridized carbons (Fsp3) is 0.571. The number of hydrogen-bond donors (Lipinski definition) is 1. The van der Waals surface area contributed by atoms with E-state index in [0.29, 0.717) is 12.0 Å². The second kappa shape index (κ2) is 5.46. The maximum atomic E-state index is 5.56. The molecule has 1 saturated heterocycles. The van der Waals surface area contributed by atoms with Crippen molar-refractivity contribution in [2.45, 2.75) is 25.9 Å². The molecule has 1 aromatic rings. The fourth-order valence-corrected chi connectivity index (χ4v) is 2.44. The highest BCUT2D eigenvalue weighted by atomic mass is 16.5. The zero-order valence-electron chi connectivity index (χ0n) is 10.2. The summed E-state index contributed by atoms with van der Waals surface area (Å²) in [5.41, 5.74) is 2.75. The maximum Gasteiger partial charge on any atom is 0.0626 e. The molecule has 0 saturated carbocycles. The molecule has 0 radical (unpaired) electrons. The molecule has 88 valence electrons. The van der Waals surface area contributed by atoms with Crippen LogP contribution >= 0.6 is 0 Å². The Kier molecular flexibility index (Phi) is 3.97. The minimum Gasteiger partial charge on any atom is -0.381 e. The molecule has 1 aliphatic rings. The van der Waals surface area contributed by atoms with Crippen molar-refractivity contribution in [3.63, 3.8) is 0 Å². The average Bonchev–Trinajstić information content (AvgIpc) is 2.33. The smallest absolute Gasteiger partial charge is 0.0626 e. The zero-order chi connectivity index (χ0) is 11.4. The molecule has 1 aromatic carbocycles. The number of nitrogens with one attached hydrogen (secondary N) is 1. The van der Waals surface area contributed by atoms with Gasteiger partial charge >= 0.3 is 0 Å². The van der Waals surface area contributed by atoms with Gasteiger partial charge in [0, 0.05) is 19.6 Å². The van der Waals surface area contributed by atoms with E-state index in [1.165, 1.54) is 11.1 Å². The van der Waals surface area contributed by atoms with Gasteiger partial charge in [0.15, 0.2) is 0 Å². The molecule has 2 nitrogen and oxygen atoms in total. The van der Waals surface area contributed by atoms with Crippen molar-refractivity contribution in [3.05, 3.63) is 35.4 Å². The summed E-state index contributed by atoms with van der Waals surface area (Å²) < 4.78 is 5.56. The van der Waals surface area contributed by atoms with Crippen LogP contribution in [0.2, 0.25) is 0 Å². The van der Waals surface area contributed by atoms with Crippen molar-refractivity contribution in [2.24, 2.45) is 5.92 Å². The summed E-state index contributed by atoms with van der Waals surface area (Å²) >= 11 is 0. The molecule has 2 atom stereocenters. The van der Waals surface area contributed by atoms with Crippen LogP contribution in [0.5, 0.6) is 0 Å². The minimum atomic E-state index is 0.419. The number of methoxy groups -OCH3 is 1. The van der Waals surface area contributed by atoms with Crippen LogP contribution in [0.4, 0.5) is 0 Å². The average molecular weight is 219 g/mol. The Morgan fingerprint density at radius 1 is 1.31 bits per heavy atom. The standard InChI is InChI=1S/C14H21NO/c1-11-3-5-12(6-4-11)9-13-10-15-8-7-14(13)16-2/h3-6,13-15H,7-10H2,1-2H3. The summed E-state index contributed by atoms with van der Waals surface area (Å²) in [6, 6.07) is 8.84. The number of ether oxygens (including phenoxy) is 1. The topological polar surface area (TPSA) is 21.3 Å². The Bertz CT molecular complexity index is 320. The molecule has 2 unspecified atom stereocenters. The Balaban J connectivity index is 1.99. The van der Waals surface area contributed by atoms with Crippen LogP contribution in [0.3, 0.4) is 0 Å². The molecule has 2 heteroatoms. The zero-order valence-corrected chi connectivity index (χ0v) is 10.2. The molecule has 0 aromatic heterocycles. The Labute approximate surface area is 98.0 Å². The number of piperidine rings is 1. The van der Waals surface area contributed by atoms with Gasteiger partial charge in [-0.05, 0) is 31.9 Å². The summed E-state index contributed by atoms with van der Waals surface area (Å²) in [6.07, 6.45) is 2.67. The first-order chi connectivity index (χ1) is 7.79. The van der Waals surface area contributed by atoms with E-state index in [1.807, 2.05) is 7.11 Å². The summed E-state index contributed by atoms with van der Waals surface area (Å²) in [6.45, 7) is 4.29. The Hall–Kier alpha value is -0.860. The quantitative estimate of drug-likeness (QED) is 0.841. The van der Waals surface area contributed by atoms with Crippen molar-refractivity contribution < 1.29 is 4.74 Å². The van der Waals surface area contributed by atoms with E-state index in [2.05, 4.69) is 36.5 Å². The first-order valence-corrected chi connectivity index (χ1v) is 6.08. The predicted octanol–water partition coefficient (Wildman–Crippen LogP) is 2.16. The maximum absolute atomic E-state index is 5.56. The van der Waals surface area contributed by atoms with E-state index in [4.69, 9.17) is 4.74 Å². The first kappa shape index (κ1) is 11.6. The third kappa shape index (κ3) is 2.83. The van der Waals surface area contributed by atoms with E-state index in [-0.39, 0.29) is 0 Å². The van der Waals surface area contributed by atoms with Gasteiger partial charge in [-0.3, -0.25) is 0 Å². The highest BCUT2D eigenvalue weighted by Gasteiger charge is 2.24.